The first-order chi connectivity index (χ1) is 15.8. The van der Waals surface area contributed by atoms with Gasteiger partial charge in [-0.1, -0.05) is 35.0 Å². The third-order valence-electron chi connectivity index (χ3n) is 4.50. The third kappa shape index (κ3) is 6.61. The molecular weight excluding hydrogens is 489 g/mol. The zero-order valence-corrected chi connectivity index (χ0v) is 20.0. The van der Waals surface area contributed by atoms with Crippen LogP contribution in [0, 0.1) is 0 Å². The van der Waals surface area contributed by atoms with Crippen molar-refractivity contribution in [3.63, 3.8) is 0 Å². The second kappa shape index (κ2) is 11.4. The van der Waals surface area contributed by atoms with E-state index in [-0.39, 0.29) is 24.2 Å². The summed E-state index contributed by atoms with van der Waals surface area (Å²) in [4.78, 5) is 24.8. The van der Waals surface area contributed by atoms with Gasteiger partial charge in [-0.15, -0.1) is 10.2 Å². The van der Waals surface area contributed by atoms with Gasteiger partial charge in [0.05, 0.1) is 19.5 Å². The highest BCUT2D eigenvalue weighted by atomic mass is 35.5. The molecule has 0 bridgehead atoms. The number of thioether (sulfide) groups is 1. The van der Waals surface area contributed by atoms with Crippen LogP contribution in [0.3, 0.4) is 0 Å². The van der Waals surface area contributed by atoms with Gasteiger partial charge in [0, 0.05) is 28.3 Å². The average Bonchev–Trinajstić information content (AvgIpc) is 3.15. The number of carbonyl (C=O) groups is 2. The maximum Gasteiger partial charge on any atom is 0.251 e. The molecular formula is C21H21Cl2N5O4S. The maximum atomic E-state index is 12.5. The lowest BCUT2D eigenvalue weighted by molar-refractivity contribution is -0.113. The second-order valence-corrected chi connectivity index (χ2v) is 8.65. The van der Waals surface area contributed by atoms with Gasteiger partial charge in [0.15, 0.2) is 11.0 Å². The van der Waals surface area contributed by atoms with E-state index in [1.54, 1.807) is 54.1 Å². The topological polar surface area (TPSA) is 118 Å². The smallest absolute Gasteiger partial charge is 0.251 e. The van der Waals surface area contributed by atoms with E-state index in [1.807, 2.05) is 0 Å². The highest BCUT2D eigenvalue weighted by Gasteiger charge is 2.22. The van der Waals surface area contributed by atoms with E-state index in [9.17, 15) is 14.7 Å². The molecule has 33 heavy (non-hydrogen) atoms. The zero-order chi connectivity index (χ0) is 24.0. The van der Waals surface area contributed by atoms with Gasteiger partial charge < -0.3 is 25.0 Å². The molecule has 0 spiro atoms. The zero-order valence-electron chi connectivity index (χ0n) is 17.7. The van der Waals surface area contributed by atoms with E-state index in [2.05, 4.69) is 20.8 Å². The summed E-state index contributed by atoms with van der Waals surface area (Å²) in [6.45, 7) is -0.380. The van der Waals surface area contributed by atoms with E-state index >= 15 is 0 Å². The predicted octanol–water partition coefficient (Wildman–Crippen LogP) is 3.32. The molecule has 12 heteroatoms. The van der Waals surface area contributed by atoms with Crippen molar-refractivity contribution in [3.05, 3.63) is 63.9 Å². The number of methoxy groups -OCH3 is 1. The molecule has 3 aromatic rings. The van der Waals surface area contributed by atoms with Crippen LogP contribution in [0.5, 0.6) is 5.75 Å². The lowest BCUT2D eigenvalue weighted by Crippen LogP contribution is -2.32. The molecule has 0 aliphatic rings. The monoisotopic (exact) mass is 509 g/mol. The van der Waals surface area contributed by atoms with E-state index in [1.165, 1.54) is 7.11 Å². The molecule has 2 amide bonds. The second-order valence-electron chi connectivity index (χ2n) is 6.83. The molecule has 3 N–H and O–H groups in total. The molecule has 0 aliphatic carbocycles. The summed E-state index contributed by atoms with van der Waals surface area (Å²) in [5, 5.41) is 24.7. The van der Waals surface area contributed by atoms with Gasteiger partial charge >= 0.3 is 0 Å². The molecule has 0 aliphatic heterocycles. The Balaban J connectivity index is 1.61. The summed E-state index contributed by atoms with van der Waals surface area (Å²) >= 11 is 13.0. The molecule has 0 fully saturated rings. The van der Waals surface area contributed by atoms with Crippen LogP contribution in [0.4, 0.5) is 5.69 Å². The minimum atomic E-state index is -0.783. The number of hydrogen-bond acceptors (Lipinski definition) is 7. The average molecular weight is 510 g/mol. The van der Waals surface area contributed by atoms with Crippen molar-refractivity contribution >= 4 is 52.5 Å². The minimum absolute atomic E-state index is 0.0537. The fourth-order valence-corrected chi connectivity index (χ4v) is 4.13. The van der Waals surface area contributed by atoms with Crippen LogP contribution in [-0.4, -0.2) is 51.2 Å². The van der Waals surface area contributed by atoms with Gasteiger partial charge in [-0.25, -0.2) is 0 Å². The Labute approximate surface area is 204 Å². The number of carbonyl (C=O) groups excluding carboxylic acids is 2. The van der Waals surface area contributed by atoms with Crippen LogP contribution >= 0.6 is 35.0 Å². The Morgan fingerprint density at radius 3 is 2.42 bits per heavy atom. The molecule has 9 nitrogen and oxygen atoms in total. The maximum absolute atomic E-state index is 12.5. The van der Waals surface area contributed by atoms with Gasteiger partial charge in [-0.2, -0.15) is 0 Å². The summed E-state index contributed by atoms with van der Waals surface area (Å²) in [5.41, 5.74) is 0.891. The number of aliphatic hydroxyl groups excluding tert-OH is 1. The molecule has 174 valence electrons. The first kappa shape index (κ1) is 24.8. The fourth-order valence-electron chi connectivity index (χ4n) is 2.88. The molecule has 0 radical (unpaired) electrons. The van der Waals surface area contributed by atoms with Gasteiger partial charge in [-0.3, -0.25) is 9.59 Å². The number of nitrogens with zero attached hydrogens (tertiary/aromatic N) is 3. The summed E-state index contributed by atoms with van der Waals surface area (Å²) in [6, 6.07) is 10.5. The molecule has 1 aromatic heterocycles. The summed E-state index contributed by atoms with van der Waals surface area (Å²) in [6.07, 6.45) is 0. The first-order valence-corrected chi connectivity index (χ1v) is 11.4. The third-order valence-corrected chi connectivity index (χ3v) is 5.96. The number of halogens is 2. The predicted molar refractivity (Wildman–Crippen MR) is 127 cm³/mol. The standard InChI is InChI=1S/C21H21Cl2N5O4S/c1-28-19(17(10-29)25-20(31)12-3-5-16(32-2)6-4-12)26-27-21(28)33-11-18(30)24-15-8-13(22)7-14(23)9-15/h3-9,17,29H,10-11H2,1-2H3,(H,24,30)(H,25,31). The normalized spacial score (nSPS) is 11.7. The van der Waals surface area contributed by atoms with Crippen LogP contribution < -0.4 is 15.4 Å². The highest BCUT2D eigenvalue weighted by molar-refractivity contribution is 7.99. The molecule has 0 saturated heterocycles. The molecule has 1 atom stereocenters. The number of benzene rings is 2. The number of anilines is 1. The van der Waals surface area contributed by atoms with Crippen molar-refractivity contribution in [2.75, 3.05) is 24.8 Å². The number of amides is 2. The number of rotatable bonds is 9. The van der Waals surface area contributed by atoms with E-state index in [0.717, 1.165) is 11.8 Å². The van der Waals surface area contributed by atoms with Crippen molar-refractivity contribution in [3.8, 4) is 5.75 Å². The largest absolute Gasteiger partial charge is 0.497 e. The van der Waals surface area contributed by atoms with Gasteiger partial charge in [0.1, 0.15) is 11.8 Å². The van der Waals surface area contributed by atoms with Gasteiger partial charge in [0.25, 0.3) is 5.91 Å². The number of aromatic nitrogens is 3. The van der Waals surface area contributed by atoms with E-state index in [4.69, 9.17) is 27.9 Å². The molecule has 3 rings (SSSR count). The van der Waals surface area contributed by atoms with E-state index in [0.29, 0.717) is 38.0 Å². The fraction of sp³-hybridized carbons (Fsp3) is 0.238. The van der Waals surface area contributed by atoms with Crippen molar-refractivity contribution < 1.29 is 19.4 Å². The molecule has 2 aromatic carbocycles. The molecule has 1 unspecified atom stereocenters. The van der Waals surface area contributed by atoms with Crippen LogP contribution in [-0.2, 0) is 11.8 Å². The van der Waals surface area contributed by atoms with Crippen molar-refractivity contribution in [1.29, 1.82) is 0 Å². The van der Waals surface area contributed by atoms with Crippen molar-refractivity contribution in [1.82, 2.24) is 20.1 Å². The summed E-state index contributed by atoms with van der Waals surface area (Å²) < 4.78 is 6.70. The summed E-state index contributed by atoms with van der Waals surface area (Å²) in [7, 11) is 3.23. The van der Waals surface area contributed by atoms with Gasteiger partial charge in [-0.05, 0) is 42.5 Å². The Hall–Kier alpha value is -2.79. The number of nitrogens with one attached hydrogen (secondary N) is 2. The lowest BCUT2D eigenvalue weighted by atomic mass is 10.2. The van der Waals surface area contributed by atoms with Crippen LogP contribution in [0.2, 0.25) is 10.0 Å². The minimum Gasteiger partial charge on any atom is -0.497 e. The Morgan fingerprint density at radius 1 is 1.15 bits per heavy atom. The van der Waals surface area contributed by atoms with Gasteiger partial charge in [0.2, 0.25) is 5.91 Å². The van der Waals surface area contributed by atoms with Crippen LogP contribution in [0.15, 0.2) is 47.6 Å². The Morgan fingerprint density at radius 2 is 1.82 bits per heavy atom. The molecule has 0 saturated carbocycles. The number of hydrogen-bond donors (Lipinski definition) is 3. The first-order valence-electron chi connectivity index (χ1n) is 9.64. The van der Waals surface area contributed by atoms with E-state index < -0.39 is 6.04 Å². The van der Waals surface area contributed by atoms with Crippen LogP contribution in [0.1, 0.15) is 22.2 Å². The lowest BCUT2D eigenvalue weighted by Gasteiger charge is -2.16. The molecule has 1 heterocycles. The van der Waals surface area contributed by atoms with Crippen molar-refractivity contribution in [2.24, 2.45) is 7.05 Å². The Bertz CT molecular complexity index is 1120. The van der Waals surface area contributed by atoms with Crippen LogP contribution in [0.25, 0.3) is 0 Å². The quantitative estimate of drug-likeness (QED) is 0.378. The number of aliphatic hydroxyl groups is 1. The highest BCUT2D eigenvalue weighted by Crippen LogP contribution is 2.24. The summed E-state index contributed by atoms with van der Waals surface area (Å²) in [5.74, 6) is 0.368. The van der Waals surface area contributed by atoms with Crippen molar-refractivity contribution in [2.45, 2.75) is 11.2 Å². The SMILES string of the molecule is COc1ccc(C(=O)NC(CO)c2nnc(SCC(=O)Nc3cc(Cl)cc(Cl)c3)n2C)cc1. The Kier molecular flexibility index (Phi) is 8.56. The number of ether oxygens (including phenoxy) is 1.